The Labute approximate surface area is 191 Å². The maximum Gasteiger partial charge on any atom is 0.295 e. The van der Waals surface area contributed by atoms with Gasteiger partial charge in [-0.05, 0) is 57.0 Å². The summed E-state index contributed by atoms with van der Waals surface area (Å²) in [5.41, 5.74) is 3.09. The molecule has 3 heterocycles. The number of amides is 1. The van der Waals surface area contributed by atoms with Gasteiger partial charge in [-0.15, -0.1) is 0 Å². The van der Waals surface area contributed by atoms with Crippen molar-refractivity contribution in [2.24, 2.45) is 0 Å². The van der Waals surface area contributed by atoms with Gasteiger partial charge in [0, 0.05) is 24.6 Å². The fourth-order valence-electron chi connectivity index (χ4n) is 4.11. The van der Waals surface area contributed by atoms with Gasteiger partial charge >= 0.3 is 0 Å². The van der Waals surface area contributed by atoms with Gasteiger partial charge in [-0.25, -0.2) is 0 Å². The van der Waals surface area contributed by atoms with E-state index in [1.807, 2.05) is 32.0 Å². The summed E-state index contributed by atoms with van der Waals surface area (Å²) in [6.07, 6.45) is 3.31. The van der Waals surface area contributed by atoms with Crippen LogP contribution >= 0.6 is 0 Å². The largest absolute Gasteiger partial charge is 0.507 e. The van der Waals surface area contributed by atoms with Crippen molar-refractivity contribution < 1.29 is 19.4 Å². The number of carbonyl (C=O) groups excluding carboxylic acids is 2. The van der Waals surface area contributed by atoms with Crippen LogP contribution in [0.25, 0.3) is 5.76 Å². The first-order valence-corrected chi connectivity index (χ1v) is 10.7. The van der Waals surface area contributed by atoms with Crippen LogP contribution in [0, 0.1) is 13.8 Å². The van der Waals surface area contributed by atoms with E-state index in [2.05, 4.69) is 15.2 Å². The standard InChI is InChI=1S/C25H26N4O4/c1-14(2)33-19-9-7-18(8-10-19)22-21(23(30)20-15(3)27-28-16(20)4)24(31)25(32)29(22)13-17-6-5-11-26-12-17/h5-12,14,22,30H,13H2,1-4H3,(H,27,28)/b23-21+. The van der Waals surface area contributed by atoms with E-state index in [9.17, 15) is 14.7 Å². The highest BCUT2D eigenvalue weighted by Crippen LogP contribution is 2.41. The highest BCUT2D eigenvalue weighted by molar-refractivity contribution is 6.46. The molecule has 8 nitrogen and oxygen atoms in total. The zero-order valence-corrected chi connectivity index (χ0v) is 19.0. The Hall–Kier alpha value is -3.94. The summed E-state index contributed by atoms with van der Waals surface area (Å²) in [6.45, 7) is 7.54. The molecule has 8 heteroatoms. The molecule has 0 bridgehead atoms. The van der Waals surface area contributed by atoms with E-state index in [0.717, 1.165) is 5.56 Å². The fourth-order valence-corrected chi connectivity index (χ4v) is 4.11. The minimum atomic E-state index is -0.771. The second-order valence-electron chi connectivity index (χ2n) is 8.33. The van der Waals surface area contributed by atoms with Crippen molar-refractivity contribution in [3.8, 4) is 5.75 Å². The van der Waals surface area contributed by atoms with Crippen LogP contribution in [0.1, 0.15) is 48.0 Å². The van der Waals surface area contributed by atoms with E-state index in [1.54, 1.807) is 44.4 Å². The Morgan fingerprint density at radius 2 is 1.91 bits per heavy atom. The predicted molar refractivity (Wildman–Crippen MR) is 122 cm³/mol. The smallest absolute Gasteiger partial charge is 0.295 e. The number of aryl methyl sites for hydroxylation is 2. The van der Waals surface area contributed by atoms with Crippen LogP contribution in [0.5, 0.6) is 5.75 Å². The van der Waals surface area contributed by atoms with Gasteiger partial charge in [0.15, 0.2) is 0 Å². The molecule has 1 aliphatic heterocycles. The van der Waals surface area contributed by atoms with Crippen molar-refractivity contribution in [2.75, 3.05) is 0 Å². The summed E-state index contributed by atoms with van der Waals surface area (Å²) in [6, 6.07) is 10.1. The molecule has 4 rings (SSSR count). The molecule has 0 saturated carbocycles. The number of hydrogen-bond acceptors (Lipinski definition) is 6. The molecule has 170 valence electrons. The lowest BCUT2D eigenvalue weighted by atomic mass is 9.94. The van der Waals surface area contributed by atoms with Gasteiger partial charge in [-0.3, -0.25) is 19.7 Å². The molecule has 0 aliphatic carbocycles. The van der Waals surface area contributed by atoms with Crippen LogP contribution in [0.2, 0.25) is 0 Å². The molecule has 33 heavy (non-hydrogen) atoms. The third-order valence-electron chi connectivity index (χ3n) is 5.55. The number of pyridine rings is 1. The van der Waals surface area contributed by atoms with E-state index >= 15 is 0 Å². The summed E-state index contributed by atoms with van der Waals surface area (Å²) < 4.78 is 5.73. The number of nitrogens with one attached hydrogen (secondary N) is 1. The van der Waals surface area contributed by atoms with E-state index in [1.165, 1.54) is 4.90 Å². The van der Waals surface area contributed by atoms with Crippen molar-refractivity contribution in [2.45, 2.75) is 46.4 Å². The molecule has 1 amide bonds. The quantitative estimate of drug-likeness (QED) is 0.338. The van der Waals surface area contributed by atoms with E-state index in [4.69, 9.17) is 4.74 Å². The number of hydrogen-bond donors (Lipinski definition) is 2. The van der Waals surface area contributed by atoms with Crippen LogP contribution in [0.3, 0.4) is 0 Å². The summed E-state index contributed by atoms with van der Waals surface area (Å²) in [5.74, 6) is -0.964. The number of aromatic nitrogens is 3. The first kappa shape index (κ1) is 22.3. The number of carbonyl (C=O) groups is 2. The lowest BCUT2D eigenvalue weighted by Crippen LogP contribution is -2.29. The highest BCUT2D eigenvalue weighted by atomic mass is 16.5. The van der Waals surface area contributed by atoms with Crippen molar-refractivity contribution in [1.82, 2.24) is 20.1 Å². The first-order chi connectivity index (χ1) is 15.8. The van der Waals surface area contributed by atoms with Gasteiger partial charge in [0.05, 0.1) is 29.0 Å². The Balaban J connectivity index is 1.85. The van der Waals surface area contributed by atoms with E-state index in [-0.39, 0.29) is 24.0 Å². The van der Waals surface area contributed by atoms with Gasteiger partial charge in [0.2, 0.25) is 0 Å². The SMILES string of the molecule is Cc1n[nH]c(C)c1/C(O)=C1\C(=O)C(=O)N(Cc2cccnc2)C1c1ccc(OC(C)C)cc1. The summed E-state index contributed by atoms with van der Waals surface area (Å²) in [5, 5.41) is 18.2. The molecule has 1 fully saturated rings. The number of likely N-dealkylation sites (tertiary alicyclic amines) is 1. The molecule has 2 N–H and O–H groups in total. The maximum atomic E-state index is 13.2. The topological polar surface area (TPSA) is 108 Å². The Bertz CT molecular complexity index is 1190. The second kappa shape index (κ2) is 8.90. The maximum absolute atomic E-state index is 13.2. The van der Waals surface area contributed by atoms with E-state index < -0.39 is 17.7 Å². The lowest BCUT2D eigenvalue weighted by Gasteiger charge is -2.25. The summed E-state index contributed by atoms with van der Waals surface area (Å²) in [4.78, 5) is 31.9. The Kier molecular flexibility index (Phi) is 6.00. The van der Waals surface area contributed by atoms with Gasteiger partial charge in [0.1, 0.15) is 11.5 Å². The number of aromatic amines is 1. The van der Waals surface area contributed by atoms with Crippen LogP contribution in [0.4, 0.5) is 0 Å². The average molecular weight is 447 g/mol. The number of rotatable bonds is 6. The zero-order valence-electron chi connectivity index (χ0n) is 19.0. The van der Waals surface area contributed by atoms with Crippen LogP contribution in [0.15, 0.2) is 54.4 Å². The zero-order chi connectivity index (χ0) is 23.7. The number of aliphatic hydroxyl groups excluding tert-OH is 1. The molecule has 1 aromatic carbocycles. The first-order valence-electron chi connectivity index (χ1n) is 10.7. The highest BCUT2D eigenvalue weighted by Gasteiger charge is 2.46. The molecule has 1 unspecified atom stereocenters. The van der Waals surface area contributed by atoms with Crippen molar-refractivity contribution in [3.63, 3.8) is 0 Å². The van der Waals surface area contributed by atoms with Gasteiger partial charge < -0.3 is 14.7 Å². The van der Waals surface area contributed by atoms with Crippen molar-refractivity contribution >= 4 is 17.4 Å². The number of H-pyrrole nitrogens is 1. The van der Waals surface area contributed by atoms with Gasteiger partial charge in [-0.1, -0.05) is 18.2 Å². The predicted octanol–water partition coefficient (Wildman–Crippen LogP) is 3.83. The molecule has 1 saturated heterocycles. The van der Waals surface area contributed by atoms with Crippen LogP contribution in [-0.4, -0.2) is 43.0 Å². The van der Waals surface area contributed by atoms with E-state index in [0.29, 0.717) is 28.3 Å². The number of nitrogens with zero attached hydrogens (tertiary/aromatic N) is 3. The number of benzene rings is 1. The molecular formula is C25H26N4O4. The number of ketones is 1. The van der Waals surface area contributed by atoms with Crippen LogP contribution in [-0.2, 0) is 16.1 Å². The molecule has 2 aromatic heterocycles. The lowest BCUT2D eigenvalue weighted by molar-refractivity contribution is -0.140. The number of aliphatic hydroxyl groups is 1. The fraction of sp³-hybridized carbons (Fsp3) is 0.280. The Morgan fingerprint density at radius 3 is 2.48 bits per heavy atom. The van der Waals surface area contributed by atoms with Gasteiger partial charge in [0.25, 0.3) is 11.7 Å². The molecule has 0 radical (unpaired) electrons. The summed E-state index contributed by atoms with van der Waals surface area (Å²) >= 11 is 0. The van der Waals surface area contributed by atoms with Crippen molar-refractivity contribution in [1.29, 1.82) is 0 Å². The number of Topliss-reactive ketones (excluding diaryl/α,β-unsaturated/α-hetero) is 1. The normalized spacial score (nSPS) is 17.7. The van der Waals surface area contributed by atoms with Crippen LogP contribution < -0.4 is 4.74 Å². The number of ether oxygens (including phenoxy) is 1. The second-order valence-corrected chi connectivity index (χ2v) is 8.33. The van der Waals surface area contributed by atoms with Crippen molar-refractivity contribution in [3.05, 3.63) is 82.4 Å². The molecule has 1 atom stereocenters. The molecule has 0 spiro atoms. The molecular weight excluding hydrogens is 420 g/mol. The minimum Gasteiger partial charge on any atom is -0.507 e. The third-order valence-corrected chi connectivity index (χ3v) is 5.55. The monoisotopic (exact) mass is 446 g/mol. The third kappa shape index (κ3) is 4.24. The minimum absolute atomic E-state index is 0.0131. The average Bonchev–Trinajstić information content (AvgIpc) is 3.25. The molecule has 3 aromatic rings. The Morgan fingerprint density at radius 1 is 1.18 bits per heavy atom. The molecule has 1 aliphatic rings. The summed E-state index contributed by atoms with van der Waals surface area (Å²) in [7, 11) is 0. The van der Waals surface area contributed by atoms with Gasteiger partial charge in [-0.2, -0.15) is 5.10 Å².